The lowest BCUT2D eigenvalue weighted by molar-refractivity contribution is -0.0537. The van der Waals surface area contributed by atoms with E-state index in [-0.39, 0.29) is 18.8 Å². The zero-order valence-electron chi connectivity index (χ0n) is 14.5. The topological polar surface area (TPSA) is 46.4 Å². The number of hydrogen-bond acceptors (Lipinski definition) is 5. The number of rotatable bonds is 4. The molecule has 0 aromatic heterocycles. The van der Waals surface area contributed by atoms with Gasteiger partial charge in [-0.3, -0.25) is 4.99 Å². The zero-order chi connectivity index (χ0) is 19.4. The van der Waals surface area contributed by atoms with Crippen LogP contribution in [0.4, 0.5) is 18.9 Å². The van der Waals surface area contributed by atoms with E-state index >= 15 is 0 Å². The highest BCUT2D eigenvalue weighted by atomic mass is 32.2. The normalized spacial score (nSPS) is 14.0. The first-order valence-corrected chi connectivity index (χ1v) is 9.06. The molecule has 0 N–H and O–H groups in total. The summed E-state index contributed by atoms with van der Waals surface area (Å²) in [6.07, 6.45) is -2.70. The van der Waals surface area contributed by atoms with Crippen LogP contribution in [-0.4, -0.2) is 38.3 Å². The number of hydrogen-bond donors (Lipinski definition) is 0. The molecule has 1 aliphatic rings. The maximum Gasteiger partial charge on any atom is 0.428 e. The molecule has 1 heterocycles. The van der Waals surface area contributed by atoms with Gasteiger partial charge in [0, 0.05) is 17.5 Å². The molecule has 9 heteroatoms. The minimum absolute atomic E-state index is 0.0619. The van der Waals surface area contributed by atoms with Crippen LogP contribution in [0.2, 0.25) is 0 Å². The van der Waals surface area contributed by atoms with Crippen molar-refractivity contribution in [1.82, 2.24) is 0 Å². The largest absolute Gasteiger partial charge is 0.454 e. The maximum absolute atomic E-state index is 12.7. The number of halogens is 3. The molecule has 0 aliphatic carbocycles. The quantitative estimate of drug-likeness (QED) is 0.329. The lowest BCUT2D eigenvalue weighted by atomic mass is 10.1. The second-order valence-corrected chi connectivity index (χ2v) is 6.29. The highest BCUT2D eigenvalue weighted by molar-refractivity contribution is 7.98. The van der Waals surface area contributed by atoms with Gasteiger partial charge in [-0.15, -0.1) is 11.8 Å². The van der Waals surface area contributed by atoms with Gasteiger partial charge in [-0.1, -0.05) is 0 Å². The predicted octanol–water partition coefficient (Wildman–Crippen LogP) is 4.57. The van der Waals surface area contributed by atoms with Crippen molar-refractivity contribution in [3.63, 3.8) is 0 Å². The number of anilines is 1. The van der Waals surface area contributed by atoms with Crippen molar-refractivity contribution in [2.24, 2.45) is 10.1 Å². The summed E-state index contributed by atoms with van der Waals surface area (Å²) in [6, 6.07) is 12.0. The Morgan fingerprint density at radius 3 is 2.44 bits per heavy atom. The molecule has 3 rings (SSSR count). The fraction of sp³-hybridized carbons (Fsp3) is 0.222. The van der Waals surface area contributed by atoms with Gasteiger partial charge < -0.3 is 9.47 Å². The Balaban J connectivity index is 2.02. The van der Waals surface area contributed by atoms with Gasteiger partial charge in [0.2, 0.25) is 6.79 Å². The molecular weight excluding hydrogens is 379 g/mol. The summed E-state index contributed by atoms with van der Waals surface area (Å²) in [5, 5.41) is 4.78. The number of hydrazone groups is 1. The van der Waals surface area contributed by atoms with Crippen LogP contribution in [0.1, 0.15) is 5.56 Å². The molecule has 0 saturated carbocycles. The monoisotopic (exact) mass is 395 g/mol. The van der Waals surface area contributed by atoms with E-state index in [1.807, 2.05) is 18.4 Å². The van der Waals surface area contributed by atoms with Gasteiger partial charge in [0.25, 0.3) is 0 Å². The molecule has 1 aliphatic heterocycles. The number of thioether (sulfide) groups is 1. The Labute approximate surface area is 158 Å². The first kappa shape index (κ1) is 19.1. The Morgan fingerprint density at radius 1 is 1.11 bits per heavy atom. The van der Waals surface area contributed by atoms with Crippen LogP contribution < -0.4 is 14.5 Å². The number of amidine groups is 1. The minimum Gasteiger partial charge on any atom is -0.454 e. The third-order valence-electron chi connectivity index (χ3n) is 3.68. The molecule has 0 spiro atoms. The molecule has 0 atom stereocenters. The van der Waals surface area contributed by atoms with Crippen molar-refractivity contribution in [3.8, 4) is 11.5 Å². The number of ether oxygens (including phenoxy) is 2. The van der Waals surface area contributed by atoms with Gasteiger partial charge >= 0.3 is 6.18 Å². The Kier molecular flexibility index (Phi) is 5.59. The molecular formula is C18H16F3N3O2S. The van der Waals surface area contributed by atoms with E-state index in [0.29, 0.717) is 22.7 Å². The SMILES string of the molecule is CN=C(c1ccc2c(c1)OCO2)N(/N=C/C(F)(F)F)c1ccc(SC)cc1. The van der Waals surface area contributed by atoms with Crippen molar-refractivity contribution in [2.45, 2.75) is 11.1 Å². The molecule has 27 heavy (non-hydrogen) atoms. The summed E-state index contributed by atoms with van der Waals surface area (Å²) < 4.78 is 48.9. The van der Waals surface area contributed by atoms with Crippen LogP contribution in [-0.2, 0) is 0 Å². The van der Waals surface area contributed by atoms with Crippen LogP contribution >= 0.6 is 11.8 Å². The van der Waals surface area contributed by atoms with Gasteiger partial charge in [0.05, 0.1) is 5.69 Å². The summed E-state index contributed by atoms with van der Waals surface area (Å²) in [5.41, 5.74) is 1.00. The van der Waals surface area contributed by atoms with E-state index in [9.17, 15) is 13.2 Å². The van der Waals surface area contributed by atoms with Crippen LogP contribution in [0.25, 0.3) is 0 Å². The van der Waals surface area contributed by atoms with Gasteiger partial charge in [0.15, 0.2) is 17.3 Å². The molecule has 2 aromatic carbocycles. The smallest absolute Gasteiger partial charge is 0.428 e. The fourth-order valence-corrected chi connectivity index (χ4v) is 2.88. The summed E-state index contributed by atoms with van der Waals surface area (Å²) in [7, 11) is 1.49. The maximum atomic E-state index is 12.7. The van der Waals surface area contributed by atoms with Crippen molar-refractivity contribution >= 4 is 29.5 Å². The molecule has 0 amide bonds. The average molecular weight is 395 g/mol. The Bertz CT molecular complexity index is 867. The van der Waals surface area contributed by atoms with Crippen LogP contribution in [0.15, 0.2) is 57.5 Å². The van der Waals surface area contributed by atoms with Crippen molar-refractivity contribution in [2.75, 3.05) is 25.1 Å². The van der Waals surface area contributed by atoms with Gasteiger partial charge in [0.1, 0.15) is 6.21 Å². The van der Waals surface area contributed by atoms with Crippen LogP contribution in [0, 0.1) is 0 Å². The highest BCUT2D eigenvalue weighted by Crippen LogP contribution is 2.33. The second-order valence-electron chi connectivity index (χ2n) is 5.41. The number of nitrogens with zero attached hydrogens (tertiary/aromatic N) is 3. The number of benzene rings is 2. The molecule has 2 aromatic rings. The Morgan fingerprint density at radius 2 is 1.81 bits per heavy atom. The first-order valence-electron chi connectivity index (χ1n) is 7.84. The van der Waals surface area contributed by atoms with Gasteiger partial charge in [-0.05, 0) is 48.7 Å². The zero-order valence-corrected chi connectivity index (χ0v) is 15.3. The van der Waals surface area contributed by atoms with Crippen molar-refractivity contribution in [1.29, 1.82) is 0 Å². The summed E-state index contributed by atoms with van der Waals surface area (Å²) in [6.45, 7) is 0.101. The standard InChI is InChI=1S/C18H16F3N3O2S/c1-22-17(12-3-8-15-16(9-12)26-11-25-15)24(23-10-18(19,20)21)13-4-6-14(27-2)7-5-13/h3-10H,11H2,1-2H3/b22-17?,23-10+. The van der Waals surface area contributed by atoms with Crippen LogP contribution in [0.3, 0.4) is 0 Å². The molecule has 0 unspecified atom stereocenters. The summed E-state index contributed by atoms with van der Waals surface area (Å²) in [4.78, 5) is 5.15. The van der Waals surface area contributed by atoms with Gasteiger partial charge in [-0.25, -0.2) is 5.01 Å². The molecule has 142 valence electrons. The fourth-order valence-electron chi connectivity index (χ4n) is 2.47. The number of aliphatic imine (C=N–C) groups is 1. The summed E-state index contributed by atoms with van der Waals surface area (Å²) in [5.74, 6) is 1.32. The molecule has 0 radical (unpaired) electrons. The molecule has 0 fully saturated rings. The second kappa shape index (κ2) is 7.91. The van der Waals surface area contributed by atoms with Crippen LogP contribution in [0.5, 0.6) is 11.5 Å². The van der Waals surface area contributed by atoms with E-state index in [1.54, 1.807) is 30.3 Å². The predicted molar refractivity (Wildman–Crippen MR) is 100 cm³/mol. The minimum atomic E-state index is -4.55. The molecule has 0 saturated heterocycles. The van der Waals surface area contributed by atoms with E-state index in [2.05, 4.69) is 10.1 Å². The van der Waals surface area contributed by atoms with Gasteiger partial charge in [-0.2, -0.15) is 18.3 Å². The molecule has 5 nitrogen and oxygen atoms in total. The lowest BCUT2D eigenvalue weighted by Gasteiger charge is -2.21. The summed E-state index contributed by atoms with van der Waals surface area (Å²) >= 11 is 1.53. The average Bonchev–Trinajstić information content (AvgIpc) is 3.12. The first-order chi connectivity index (χ1) is 12.9. The van der Waals surface area contributed by atoms with E-state index in [1.165, 1.54) is 18.8 Å². The van der Waals surface area contributed by atoms with Crippen molar-refractivity contribution < 1.29 is 22.6 Å². The Hall–Kier alpha value is -2.68. The van der Waals surface area contributed by atoms with Crippen molar-refractivity contribution in [3.05, 3.63) is 48.0 Å². The highest BCUT2D eigenvalue weighted by Gasteiger charge is 2.26. The lowest BCUT2D eigenvalue weighted by Crippen LogP contribution is -2.28. The third kappa shape index (κ3) is 4.54. The number of fused-ring (bicyclic) bond motifs is 1. The van der Waals surface area contributed by atoms with E-state index < -0.39 is 6.18 Å². The molecule has 0 bridgehead atoms. The van der Waals surface area contributed by atoms with E-state index in [0.717, 1.165) is 9.90 Å². The van der Waals surface area contributed by atoms with E-state index in [4.69, 9.17) is 9.47 Å². The number of alkyl halides is 3. The third-order valence-corrected chi connectivity index (χ3v) is 4.42.